The van der Waals surface area contributed by atoms with Gasteiger partial charge in [-0.25, -0.2) is 8.42 Å². The molecule has 3 nitrogen and oxygen atoms in total. The maximum Gasteiger partial charge on any atom is 0.210 e. The standard InChI is InChI=1S/C26H22O3S/c27-25-19-23(21-12-6-2-7-13-21)18-22(20-10-4-1-5-11-20)16-17-26(25)30(28,29)24-14-8-3-9-15-24/h1-17,19,22,27H,18H2. The highest BCUT2D eigenvalue weighted by molar-refractivity contribution is 7.95. The first-order valence-electron chi connectivity index (χ1n) is 9.78. The van der Waals surface area contributed by atoms with Crippen molar-refractivity contribution < 1.29 is 13.5 Å². The Hall–Kier alpha value is -3.37. The zero-order valence-corrected chi connectivity index (χ0v) is 17.2. The summed E-state index contributed by atoms with van der Waals surface area (Å²) in [6, 6.07) is 27.9. The van der Waals surface area contributed by atoms with E-state index in [1.165, 1.54) is 6.08 Å². The monoisotopic (exact) mass is 414 g/mol. The predicted molar refractivity (Wildman–Crippen MR) is 121 cm³/mol. The number of hydrogen-bond donors (Lipinski definition) is 1. The molecule has 0 fully saturated rings. The fourth-order valence-corrected chi connectivity index (χ4v) is 4.99. The van der Waals surface area contributed by atoms with Crippen LogP contribution in [-0.4, -0.2) is 13.5 Å². The molecule has 3 aromatic rings. The van der Waals surface area contributed by atoms with Crippen LogP contribution in [0.2, 0.25) is 0 Å². The molecule has 0 radical (unpaired) electrons. The Bertz CT molecular complexity index is 1210. The number of hydrogen-bond acceptors (Lipinski definition) is 3. The molecule has 1 atom stereocenters. The molecule has 0 aromatic heterocycles. The molecule has 1 aliphatic carbocycles. The van der Waals surface area contributed by atoms with Crippen molar-refractivity contribution in [3.8, 4) is 0 Å². The summed E-state index contributed by atoms with van der Waals surface area (Å²) >= 11 is 0. The Morgan fingerprint density at radius 1 is 0.767 bits per heavy atom. The lowest BCUT2D eigenvalue weighted by Gasteiger charge is -2.19. The Morgan fingerprint density at radius 2 is 1.33 bits per heavy atom. The number of aliphatic hydroxyl groups is 1. The van der Waals surface area contributed by atoms with Gasteiger partial charge in [0.2, 0.25) is 9.84 Å². The maximum atomic E-state index is 13.3. The van der Waals surface area contributed by atoms with Gasteiger partial charge in [0.15, 0.2) is 0 Å². The number of aliphatic hydroxyl groups excluding tert-OH is 1. The second-order valence-corrected chi connectivity index (χ2v) is 9.10. The van der Waals surface area contributed by atoms with E-state index in [2.05, 4.69) is 0 Å². The van der Waals surface area contributed by atoms with Crippen LogP contribution in [0.4, 0.5) is 0 Å². The minimum absolute atomic E-state index is 0.0215. The summed E-state index contributed by atoms with van der Waals surface area (Å²) in [6.07, 6.45) is 5.64. The largest absolute Gasteiger partial charge is 0.507 e. The van der Waals surface area contributed by atoms with Gasteiger partial charge >= 0.3 is 0 Å². The number of benzene rings is 3. The SMILES string of the molecule is O=S(=O)(C1=C(O)C=C(c2ccccc2)CC(c2ccccc2)C=C1)c1ccccc1. The highest BCUT2D eigenvalue weighted by Gasteiger charge is 2.25. The lowest BCUT2D eigenvalue weighted by atomic mass is 9.87. The third-order valence-electron chi connectivity index (χ3n) is 5.20. The van der Waals surface area contributed by atoms with Crippen LogP contribution >= 0.6 is 0 Å². The number of rotatable bonds is 4. The van der Waals surface area contributed by atoms with E-state index >= 15 is 0 Å². The second-order valence-electron chi connectivity index (χ2n) is 7.18. The first kappa shape index (κ1) is 19.9. The van der Waals surface area contributed by atoms with Gasteiger partial charge in [-0.1, -0.05) is 84.9 Å². The minimum atomic E-state index is -3.86. The molecular weight excluding hydrogens is 392 g/mol. The van der Waals surface area contributed by atoms with Gasteiger partial charge in [0.25, 0.3) is 0 Å². The van der Waals surface area contributed by atoms with Crippen molar-refractivity contribution in [1.29, 1.82) is 0 Å². The quantitative estimate of drug-likeness (QED) is 0.565. The predicted octanol–water partition coefficient (Wildman–Crippen LogP) is 6.06. The smallest absolute Gasteiger partial charge is 0.210 e. The van der Waals surface area contributed by atoms with Crippen LogP contribution in [0.3, 0.4) is 0 Å². The van der Waals surface area contributed by atoms with Crippen molar-refractivity contribution >= 4 is 15.4 Å². The van der Waals surface area contributed by atoms with Crippen LogP contribution < -0.4 is 0 Å². The van der Waals surface area contributed by atoms with E-state index in [1.54, 1.807) is 36.4 Å². The first-order valence-corrected chi connectivity index (χ1v) is 11.3. The van der Waals surface area contributed by atoms with Gasteiger partial charge < -0.3 is 5.11 Å². The molecule has 150 valence electrons. The second kappa shape index (κ2) is 8.56. The van der Waals surface area contributed by atoms with Gasteiger partial charge in [-0.15, -0.1) is 0 Å². The zero-order chi connectivity index (χ0) is 21.0. The Morgan fingerprint density at radius 3 is 1.97 bits per heavy atom. The fourth-order valence-electron chi connectivity index (χ4n) is 3.63. The number of allylic oxidation sites excluding steroid dienone is 4. The van der Waals surface area contributed by atoms with Crippen molar-refractivity contribution in [3.63, 3.8) is 0 Å². The summed E-state index contributed by atoms with van der Waals surface area (Å²) in [5.74, 6) is -0.271. The molecule has 0 heterocycles. The van der Waals surface area contributed by atoms with Crippen LogP contribution in [-0.2, 0) is 9.84 Å². The molecule has 1 unspecified atom stereocenters. The van der Waals surface area contributed by atoms with E-state index in [9.17, 15) is 13.5 Å². The number of sulfone groups is 1. The van der Waals surface area contributed by atoms with Crippen molar-refractivity contribution in [2.24, 2.45) is 0 Å². The average Bonchev–Trinajstić information content (AvgIpc) is 2.78. The summed E-state index contributed by atoms with van der Waals surface area (Å²) in [4.78, 5) is 0.0606. The molecule has 3 aromatic carbocycles. The van der Waals surface area contributed by atoms with Gasteiger partial charge in [-0.2, -0.15) is 0 Å². The molecule has 0 amide bonds. The van der Waals surface area contributed by atoms with Gasteiger partial charge in [-0.3, -0.25) is 0 Å². The molecule has 0 aliphatic heterocycles. The van der Waals surface area contributed by atoms with E-state index < -0.39 is 9.84 Å². The summed E-state index contributed by atoms with van der Waals surface area (Å²) in [6.45, 7) is 0. The van der Waals surface area contributed by atoms with Crippen LogP contribution in [0.1, 0.15) is 23.5 Å². The van der Waals surface area contributed by atoms with Gasteiger partial charge in [0.1, 0.15) is 10.7 Å². The summed E-state index contributed by atoms with van der Waals surface area (Å²) in [5.41, 5.74) is 2.93. The van der Waals surface area contributed by atoms with Crippen molar-refractivity contribution in [2.45, 2.75) is 17.2 Å². The van der Waals surface area contributed by atoms with Crippen LogP contribution in [0.5, 0.6) is 0 Å². The van der Waals surface area contributed by atoms with Gasteiger partial charge in [0.05, 0.1) is 4.90 Å². The lowest BCUT2D eigenvalue weighted by molar-refractivity contribution is 0.430. The maximum absolute atomic E-state index is 13.3. The summed E-state index contributed by atoms with van der Waals surface area (Å²) < 4.78 is 26.5. The van der Waals surface area contributed by atoms with Gasteiger partial charge in [0, 0.05) is 5.92 Å². The van der Waals surface area contributed by atoms with Gasteiger partial charge in [-0.05, 0) is 47.4 Å². The molecule has 1 aliphatic rings. The zero-order valence-electron chi connectivity index (χ0n) is 16.3. The Balaban J connectivity index is 1.88. The molecule has 0 saturated carbocycles. The normalized spacial score (nSPS) is 17.2. The van der Waals surface area contributed by atoms with Crippen molar-refractivity contribution in [2.75, 3.05) is 0 Å². The van der Waals surface area contributed by atoms with E-state index in [4.69, 9.17) is 0 Å². The molecule has 0 bridgehead atoms. The lowest BCUT2D eigenvalue weighted by Crippen LogP contribution is -2.08. The Kier molecular flexibility index (Phi) is 5.68. The molecule has 0 saturated heterocycles. The summed E-state index contributed by atoms with van der Waals surface area (Å²) in [7, 11) is -3.86. The molecule has 4 rings (SSSR count). The van der Waals surface area contributed by atoms with E-state index in [0.717, 1.165) is 16.7 Å². The van der Waals surface area contributed by atoms with Crippen LogP contribution in [0, 0.1) is 0 Å². The highest BCUT2D eigenvalue weighted by atomic mass is 32.2. The van der Waals surface area contributed by atoms with E-state index in [1.807, 2.05) is 66.7 Å². The van der Waals surface area contributed by atoms with Crippen LogP contribution in [0.15, 0.2) is 125 Å². The molecule has 4 heteroatoms. The van der Waals surface area contributed by atoms with Crippen molar-refractivity contribution in [1.82, 2.24) is 0 Å². The molecular formula is C26H22O3S. The third-order valence-corrected chi connectivity index (χ3v) is 7.02. The Labute approximate surface area is 177 Å². The van der Waals surface area contributed by atoms with Crippen LogP contribution in [0.25, 0.3) is 5.57 Å². The first-order chi connectivity index (χ1) is 14.6. The fraction of sp³-hybridized carbons (Fsp3) is 0.0769. The minimum Gasteiger partial charge on any atom is -0.507 e. The molecule has 0 spiro atoms. The molecule has 30 heavy (non-hydrogen) atoms. The van der Waals surface area contributed by atoms with E-state index in [-0.39, 0.29) is 21.5 Å². The highest BCUT2D eigenvalue weighted by Crippen LogP contribution is 2.35. The topological polar surface area (TPSA) is 54.4 Å². The van der Waals surface area contributed by atoms with E-state index in [0.29, 0.717) is 6.42 Å². The molecule has 1 N–H and O–H groups in total. The third kappa shape index (κ3) is 4.14. The summed E-state index contributed by atoms with van der Waals surface area (Å²) in [5, 5.41) is 10.8. The average molecular weight is 415 g/mol. The van der Waals surface area contributed by atoms with Crippen molar-refractivity contribution in [3.05, 3.63) is 131 Å².